The van der Waals surface area contributed by atoms with Gasteiger partial charge in [-0.15, -0.1) is 0 Å². The Hall–Kier alpha value is -0.660. The number of hydrogen-bond acceptors (Lipinski definition) is 3. The molecule has 4 nitrogen and oxygen atoms in total. The zero-order chi connectivity index (χ0) is 15.0. The molecule has 0 atom stereocenters. The van der Waals surface area contributed by atoms with E-state index in [0.29, 0.717) is 10.9 Å². The maximum absolute atomic E-state index is 13.5. The Bertz CT molecular complexity index is 523. The Labute approximate surface area is 128 Å². The van der Waals surface area contributed by atoms with E-state index in [1.54, 1.807) is 6.07 Å². The molecule has 0 aliphatic heterocycles. The van der Waals surface area contributed by atoms with E-state index in [1.807, 2.05) is 0 Å². The van der Waals surface area contributed by atoms with Crippen molar-refractivity contribution in [3.63, 3.8) is 0 Å². The predicted octanol–water partition coefficient (Wildman–Crippen LogP) is 3.11. The van der Waals surface area contributed by atoms with Crippen LogP contribution in [0.4, 0.5) is 10.1 Å². The average molecular weight is 367 g/mol. The summed E-state index contributed by atoms with van der Waals surface area (Å²) >= 11 is 3.12. The Balaban J connectivity index is 2.41. The minimum absolute atomic E-state index is 0.00366. The van der Waals surface area contributed by atoms with E-state index in [0.717, 1.165) is 25.9 Å². The molecule has 1 aromatic carbocycles. The summed E-state index contributed by atoms with van der Waals surface area (Å²) in [5.74, 6) is -0.594. The number of nitrogens with one attached hydrogen (secondary N) is 2. The number of anilines is 1. The molecule has 0 aliphatic carbocycles. The third kappa shape index (κ3) is 6.67. The fourth-order valence-corrected chi connectivity index (χ4v) is 3.15. The van der Waals surface area contributed by atoms with E-state index in [2.05, 4.69) is 32.9 Å². The lowest BCUT2D eigenvalue weighted by atomic mass is 10.3. The normalized spacial score (nSPS) is 11.6. The largest absolute Gasteiger partial charge is 0.317 e. The first-order valence-electron chi connectivity index (χ1n) is 6.61. The summed E-state index contributed by atoms with van der Waals surface area (Å²) in [5.41, 5.74) is -0.0164. The average Bonchev–Trinajstić information content (AvgIpc) is 2.37. The van der Waals surface area contributed by atoms with Gasteiger partial charge >= 0.3 is 0 Å². The number of benzene rings is 1. The van der Waals surface area contributed by atoms with Crippen LogP contribution in [-0.2, 0) is 10.0 Å². The lowest BCUT2D eigenvalue weighted by Crippen LogP contribution is -2.20. The highest BCUT2D eigenvalue weighted by Gasteiger charge is 2.12. The second-order valence-electron chi connectivity index (χ2n) is 4.50. The summed E-state index contributed by atoms with van der Waals surface area (Å²) in [6.07, 6.45) is 2.39. The lowest BCUT2D eigenvalue weighted by Gasteiger charge is -2.09. The molecule has 0 aromatic heterocycles. The van der Waals surface area contributed by atoms with Gasteiger partial charge in [-0.3, -0.25) is 4.72 Å². The number of hydrogen-bond donors (Lipinski definition) is 2. The van der Waals surface area contributed by atoms with Crippen molar-refractivity contribution in [1.82, 2.24) is 5.32 Å². The first-order chi connectivity index (χ1) is 9.44. The molecule has 2 N–H and O–H groups in total. The van der Waals surface area contributed by atoms with Crippen LogP contribution in [0.25, 0.3) is 0 Å². The quantitative estimate of drug-likeness (QED) is 0.660. The molecule has 0 saturated heterocycles. The van der Waals surface area contributed by atoms with E-state index in [9.17, 15) is 12.8 Å². The van der Waals surface area contributed by atoms with E-state index in [1.165, 1.54) is 12.1 Å². The molecule has 0 fully saturated rings. The molecule has 1 aromatic rings. The van der Waals surface area contributed by atoms with E-state index >= 15 is 0 Å². The van der Waals surface area contributed by atoms with Crippen molar-refractivity contribution in [3.05, 3.63) is 28.5 Å². The molecule has 0 spiro atoms. The topological polar surface area (TPSA) is 58.2 Å². The fraction of sp³-hybridized carbons (Fsp3) is 0.538. The van der Waals surface area contributed by atoms with Crippen LogP contribution < -0.4 is 10.0 Å². The van der Waals surface area contributed by atoms with Gasteiger partial charge in [0.15, 0.2) is 0 Å². The van der Waals surface area contributed by atoms with Crippen molar-refractivity contribution in [3.8, 4) is 0 Å². The minimum atomic E-state index is -3.50. The molecular formula is C13H20BrFN2O2S. The van der Waals surface area contributed by atoms with Gasteiger partial charge in [0, 0.05) is 4.47 Å². The summed E-state index contributed by atoms with van der Waals surface area (Å²) < 4.78 is 40.0. The molecule has 7 heteroatoms. The van der Waals surface area contributed by atoms with Crippen LogP contribution >= 0.6 is 15.9 Å². The van der Waals surface area contributed by atoms with Crippen molar-refractivity contribution in [1.29, 1.82) is 0 Å². The first-order valence-corrected chi connectivity index (χ1v) is 9.05. The number of unbranched alkanes of at least 4 members (excludes halogenated alkanes) is 1. The van der Waals surface area contributed by atoms with Crippen molar-refractivity contribution in [2.24, 2.45) is 0 Å². The number of rotatable bonds is 9. The van der Waals surface area contributed by atoms with Crippen LogP contribution in [-0.4, -0.2) is 27.3 Å². The zero-order valence-corrected chi connectivity index (χ0v) is 13.9. The minimum Gasteiger partial charge on any atom is -0.317 e. The van der Waals surface area contributed by atoms with Gasteiger partial charge in [0.1, 0.15) is 5.82 Å². The summed E-state index contributed by atoms with van der Waals surface area (Å²) in [6, 6.07) is 4.22. The van der Waals surface area contributed by atoms with E-state index in [-0.39, 0.29) is 11.4 Å². The smallest absolute Gasteiger partial charge is 0.232 e. The van der Waals surface area contributed by atoms with Gasteiger partial charge in [-0.2, -0.15) is 0 Å². The Kier molecular flexibility index (Phi) is 7.47. The van der Waals surface area contributed by atoms with Gasteiger partial charge in [-0.05, 0) is 50.6 Å². The van der Waals surface area contributed by atoms with Gasteiger partial charge in [0.2, 0.25) is 10.0 Å². The number of sulfonamides is 1. The maximum Gasteiger partial charge on any atom is 0.232 e. The van der Waals surface area contributed by atoms with Gasteiger partial charge in [0.05, 0.1) is 11.4 Å². The molecular weight excluding hydrogens is 347 g/mol. The maximum atomic E-state index is 13.5. The molecule has 1 rings (SSSR count). The van der Waals surface area contributed by atoms with Crippen LogP contribution in [0, 0.1) is 5.82 Å². The fourth-order valence-electron chi connectivity index (χ4n) is 1.63. The zero-order valence-electron chi connectivity index (χ0n) is 11.5. The highest BCUT2D eigenvalue weighted by Crippen LogP contribution is 2.20. The van der Waals surface area contributed by atoms with Crippen molar-refractivity contribution in [2.45, 2.75) is 26.2 Å². The summed E-state index contributed by atoms with van der Waals surface area (Å²) in [5, 5.41) is 3.21. The Morgan fingerprint density at radius 1 is 1.25 bits per heavy atom. The van der Waals surface area contributed by atoms with Gasteiger partial charge in [-0.25, -0.2) is 12.8 Å². The van der Waals surface area contributed by atoms with Gasteiger partial charge < -0.3 is 5.32 Å². The van der Waals surface area contributed by atoms with Crippen LogP contribution in [0.5, 0.6) is 0 Å². The monoisotopic (exact) mass is 366 g/mol. The molecule has 0 bridgehead atoms. The highest BCUT2D eigenvalue weighted by molar-refractivity contribution is 9.10. The molecule has 20 heavy (non-hydrogen) atoms. The van der Waals surface area contributed by atoms with Crippen LogP contribution in [0.2, 0.25) is 0 Å². The molecule has 0 unspecified atom stereocenters. The molecule has 0 amide bonds. The van der Waals surface area contributed by atoms with Crippen molar-refractivity contribution >= 4 is 31.6 Å². The van der Waals surface area contributed by atoms with Gasteiger partial charge in [-0.1, -0.05) is 22.9 Å². The highest BCUT2D eigenvalue weighted by atomic mass is 79.9. The van der Waals surface area contributed by atoms with Crippen LogP contribution in [0.1, 0.15) is 26.2 Å². The SMILES string of the molecule is CCCNCCCCS(=O)(=O)Nc1ccc(Br)cc1F. The standard InChI is InChI=1S/C13H20BrFN2O2S/c1-2-7-16-8-3-4-9-20(18,19)17-13-6-5-11(14)10-12(13)15/h5-6,10,16-17H,2-4,7-9H2,1H3. The molecule has 0 saturated carbocycles. The lowest BCUT2D eigenvalue weighted by molar-refractivity contribution is 0.588. The van der Waals surface area contributed by atoms with Gasteiger partial charge in [0.25, 0.3) is 0 Å². The molecule has 0 radical (unpaired) electrons. The van der Waals surface area contributed by atoms with Crippen LogP contribution in [0.15, 0.2) is 22.7 Å². The predicted molar refractivity (Wildman–Crippen MR) is 83.9 cm³/mol. The second-order valence-corrected chi connectivity index (χ2v) is 7.26. The third-order valence-electron chi connectivity index (χ3n) is 2.64. The van der Waals surface area contributed by atoms with E-state index in [4.69, 9.17) is 0 Å². The van der Waals surface area contributed by atoms with Crippen LogP contribution in [0.3, 0.4) is 0 Å². The molecule has 0 heterocycles. The summed E-state index contributed by atoms with van der Waals surface area (Å²) in [7, 11) is -3.50. The second kappa shape index (κ2) is 8.59. The Morgan fingerprint density at radius 3 is 2.65 bits per heavy atom. The summed E-state index contributed by atoms with van der Waals surface area (Å²) in [6.45, 7) is 3.82. The summed E-state index contributed by atoms with van der Waals surface area (Å²) in [4.78, 5) is 0. The van der Waals surface area contributed by atoms with Crippen molar-refractivity contribution < 1.29 is 12.8 Å². The number of halogens is 2. The molecule has 114 valence electrons. The third-order valence-corrected chi connectivity index (χ3v) is 4.49. The Morgan fingerprint density at radius 2 is 2.00 bits per heavy atom. The van der Waals surface area contributed by atoms with Crippen molar-refractivity contribution in [2.75, 3.05) is 23.6 Å². The molecule has 0 aliphatic rings. The van der Waals surface area contributed by atoms with E-state index < -0.39 is 15.8 Å². The first kappa shape index (κ1) is 17.4.